The number of benzene rings is 2. The minimum atomic E-state index is -3.64. The van der Waals surface area contributed by atoms with Gasteiger partial charge in [0.15, 0.2) is 0 Å². The molecule has 25 heavy (non-hydrogen) atoms. The number of aryl methyl sites for hydroxylation is 1. The van der Waals surface area contributed by atoms with E-state index in [0.29, 0.717) is 14.9 Å². The Balaban J connectivity index is 1.71. The standard InChI is InChI=1S/C18H17ClN2O2S2/c1-11-16-9-14(19)3-5-17(16)24-18(11)25(22,23)21-15-4-2-13-10-20-7-6-12(13)8-15/h2-5,8-9,20-21H,6-7,10H2,1H3. The quantitative estimate of drug-likeness (QED) is 0.698. The van der Waals surface area contributed by atoms with Crippen molar-refractivity contribution < 1.29 is 8.42 Å². The lowest BCUT2D eigenvalue weighted by Crippen LogP contribution is -2.23. The summed E-state index contributed by atoms with van der Waals surface area (Å²) in [4.78, 5) is 0. The van der Waals surface area contributed by atoms with Gasteiger partial charge in [0.1, 0.15) is 4.21 Å². The molecule has 1 aliphatic heterocycles. The highest BCUT2D eigenvalue weighted by Crippen LogP contribution is 2.36. The first-order chi connectivity index (χ1) is 11.9. The zero-order chi connectivity index (χ0) is 17.6. The van der Waals surface area contributed by atoms with E-state index in [-0.39, 0.29) is 0 Å². The van der Waals surface area contributed by atoms with Crippen molar-refractivity contribution in [3.05, 3.63) is 58.1 Å². The molecule has 4 rings (SSSR count). The topological polar surface area (TPSA) is 58.2 Å². The van der Waals surface area contributed by atoms with Crippen LogP contribution >= 0.6 is 22.9 Å². The summed E-state index contributed by atoms with van der Waals surface area (Å²) in [7, 11) is -3.64. The van der Waals surface area contributed by atoms with Crippen molar-refractivity contribution in [1.82, 2.24) is 5.32 Å². The van der Waals surface area contributed by atoms with E-state index in [0.717, 1.165) is 35.2 Å². The fraction of sp³-hybridized carbons (Fsp3) is 0.222. The molecule has 2 aromatic carbocycles. The van der Waals surface area contributed by atoms with Crippen molar-refractivity contribution in [2.45, 2.75) is 24.1 Å². The van der Waals surface area contributed by atoms with Gasteiger partial charge < -0.3 is 5.32 Å². The molecule has 0 atom stereocenters. The van der Waals surface area contributed by atoms with E-state index >= 15 is 0 Å². The van der Waals surface area contributed by atoms with Gasteiger partial charge in [-0.1, -0.05) is 17.7 Å². The Labute approximate surface area is 155 Å². The summed E-state index contributed by atoms with van der Waals surface area (Å²) in [5, 5.41) is 4.80. The zero-order valence-electron chi connectivity index (χ0n) is 13.6. The molecule has 3 aromatic rings. The molecule has 0 saturated carbocycles. The lowest BCUT2D eigenvalue weighted by atomic mass is 10.0. The number of anilines is 1. The largest absolute Gasteiger partial charge is 0.312 e. The van der Waals surface area contributed by atoms with Gasteiger partial charge in [-0.15, -0.1) is 11.3 Å². The Morgan fingerprint density at radius 1 is 1.16 bits per heavy atom. The number of sulfonamides is 1. The van der Waals surface area contributed by atoms with Crippen LogP contribution < -0.4 is 10.0 Å². The monoisotopic (exact) mass is 392 g/mol. The molecule has 0 unspecified atom stereocenters. The van der Waals surface area contributed by atoms with E-state index < -0.39 is 10.0 Å². The molecule has 2 N–H and O–H groups in total. The minimum absolute atomic E-state index is 0.337. The molecule has 0 fully saturated rings. The van der Waals surface area contributed by atoms with Crippen LogP contribution in [0.4, 0.5) is 5.69 Å². The highest BCUT2D eigenvalue weighted by molar-refractivity contribution is 7.94. The number of nitrogens with one attached hydrogen (secondary N) is 2. The van der Waals surface area contributed by atoms with Crippen molar-refractivity contribution in [2.24, 2.45) is 0 Å². The van der Waals surface area contributed by atoms with Gasteiger partial charge in [-0.25, -0.2) is 8.42 Å². The van der Waals surface area contributed by atoms with E-state index in [2.05, 4.69) is 10.0 Å². The van der Waals surface area contributed by atoms with Gasteiger partial charge in [0.05, 0.1) is 0 Å². The third kappa shape index (κ3) is 3.15. The maximum absolute atomic E-state index is 12.9. The van der Waals surface area contributed by atoms with Gasteiger partial charge in [-0.3, -0.25) is 4.72 Å². The number of halogens is 1. The molecule has 7 heteroatoms. The summed E-state index contributed by atoms with van der Waals surface area (Å²) in [5.74, 6) is 0. The molecule has 0 saturated heterocycles. The van der Waals surface area contributed by atoms with Crippen LogP contribution in [0.25, 0.3) is 10.1 Å². The summed E-state index contributed by atoms with van der Waals surface area (Å²) in [6.07, 6.45) is 0.908. The van der Waals surface area contributed by atoms with Crippen LogP contribution in [0.2, 0.25) is 5.02 Å². The molecule has 4 nitrogen and oxygen atoms in total. The van der Waals surface area contributed by atoms with Crippen LogP contribution in [0.1, 0.15) is 16.7 Å². The fourth-order valence-corrected chi connectivity index (χ4v) is 6.14. The fourth-order valence-electron chi connectivity index (χ4n) is 3.17. The average Bonchev–Trinajstić information content (AvgIpc) is 2.92. The zero-order valence-corrected chi connectivity index (χ0v) is 16.0. The summed E-state index contributed by atoms with van der Waals surface area (Å²) < 4.78 is 29.8. The number of thiophene rings is 1. The summed E-state index contributed by atoms with van der Waals surface area (Å²) in [6, 6.07) is 11.2. The molecule has 0 radical (unpaired) electrons. The maximum atomic E-state index is 12.9. The first-order valence-electron chi connectivity index (χ1n) is 7.98. The van der Waals surface area contributed by atoms with E-state index in [9.17, 15) is 8.42 Å². The van der Waals surface area contributed by atoms with Gasteiger partial charge in [0, 0.05) is 22.0 Å². The summed E-state index contributed by atoms with van der Waals surface area (Å²) >= 11 is 7.31. The molecule has 0 bridgehead atoms. The number of rotatable bonds is 3. The van der Waals surface area contributed by atoms with Gasteiger partial charge >= 0.3 is 0 Å². The van der Waals surface area contributed by atoms with Crippen LogP contribution in [0.5, 0.6) is 0 Å². The Hall–Kier alpha value is -1.60. The predicted molar refractivity (Wildman–Crippen MR) is 104 cm³/mol. The van der Waals surface area contributed by atoms with Crippen molar-refractivity contribution in [3.63, 3.8) is 0 Å². The van der Waals surface area contributed by atoms with Gasteiger partial charge in [-0.05, 0) is 72.3 Å². The average molecular weight is 393 g/mol. The Kier molecular flexibility index (Phi) is 4.24. The van der Waals surface area contributed by atoms with Crippen LogP contribution in [0, 0.1) is 6.92 Å². The second-order valence-corrected chi connectivity index (χ2v) is 9.54. The van der Waals surface area contributed by atoms with Gasteiger partial charge in [0.2, 0.25) is 0 Å². The predicted octanol–water partition coefficient (Wildman–Crippen LogP) is 4.31. The van der Waals surface area contributed by atoms with Crippen molar-refractivity contribution >= 4 is 48.7 Å². The van der Waals surface area contributed by atoms with Gasteiger partial charge in [0.25, 0.3) is 10.0 Å². The van der Waals surface area contributed by atoms with Crippen molar-refractivity contribution in [3.8, 4) is 0 Å². The van der Waals surface area contributed by atoms with Crippen LogP contribution in [0.15, 0.2) is 40.6 Å². The van der Waals surface area contributed by atoms with Crippen LogP contribution in [-0.4, -0.2) is 15.0 Å². The third-order valence-electron chi connectivity index (χ3n) is 4.44. The van der Waals surface area contributed by atoms with Crippen molar-refractivity contribution in [1.29, 1.82) is 0 Å². The minimum Gasteiger partial charge on any atom is -0.312 e. The molecule has 0 spiro atoms. The molecular weight excluding hydrogens is 376 g/mol. The molecule has 0 aliphatic carbocycles. The molecular formula is C18H17ClN2O2S2. The SMILES string of the molecule is Cc1c(S(=O)(=O)Nc2ccc3c(c2)CCNC3)sc2ccc(Cl)cc12. The highest BCUT2D eigenvalue weighted by Gasteiger charge is 2.22. The second kappa shape index (κ2) is 6.29. The Morgan fingerprint density at radius 2 is 2.00 bits per heavy atom. The summed E-state index contributed by atoms with van der Waals surface area (Å²) in [5.41, 5.74) is 3.76. The Bertz CT molecular complexity index is 1070. The molecule has 130 valence electrons. The maximum Gasteiger partial charge on any atom is 0.271 e. The van der Waals surface area contributed by atoms with E-state index in [4.69, 9.17) is 11.6 Å². The van der Waals surface area contributed by atoms with Gasteiger partial charge in [-0.2, -0.15) is 0 Å². The highest BCUT2D eigenvalue weighted by atomic mass is 35.5. The van der Waals surface area contributed by atoms with Crippen LogP contribution in [-0.2, 0) is 23.0 Å². The smallest absolute Gasteiger partial charge is 0.271 e. The van der Waals surface area contributed by atoms with E-state index in [1.54, 1.807) is 6.07 Å². The van der Waals surface area contributed by atoms with E-state index in [1.165, 1.54) is 22.5 Å². The number of fused-ring (bicyclic) bond motifs is 2. The number of hydrogen-bond acceptors (Lipinski definition) is 4. The lowest BCUT2D eigenvalue weighted by Gasteiger charge is -2.18. The number of hydrogen-bond donors (Lipinski definition) is 2. The third-order valence-corrected chi connectivity index (χ3v) is 7.95. The molecule has 1 aliphatic rings. The van der Waals surface area contributed by atoms with E-state index in [1.807, 2.05) is 37.3 Å². The summed E-state index contributed by atoms with van der Waals surface area (Å²) in [6.45, 7) is 3.57. The normalized spacial score (nSPS) is 14.5. The molecule has 1 aromatic heterocycles. The first-order valence-corrected chi connectivity index (χ1v) is 10.7. The van der Waals surface area contributed by atoms with Crippen molar-refractivity contribution in [2.75, 3.05) is 11.3 Å². The first kappa shape index (κ1) is 16.8. The van der Waals surface area contributed by atoms with Crippen LogP contribution in [0.3, 0.4) is 0 Å². The molecule has 2 heterocycles. The molecule has 0 amide bonds. The second-order valence-electron chi connectivity index (χ2n) is 6.17. The lowest BCUT2D eigenvalue weighted by molar-refractivity contribution is 0.602. The Morgan fingerprint density at radius 3 is 2.84 bits per heavy atom.